The number of hydrogen-bond donors (Lipinski definition) is 1. The predicted molar refractivity (Wildman–Crippen MR) is 74.8 cm³/mol. The number of hydrogen-bond acceptors (Lipinski definition) is 1. The largest absolute Gasteiger partial charge is 0.481 e. The molecule has 2 aromatic rings. The highest BCUT2D eigenvalue weighted by Gasteiger charge is 1.99. The fraction of sp³-hybridized carbons (Fsp3) is 0.118. The minimum Gasteiger partial charge on any atom is -0.481 e. The quantitative estimate of drug-likeness (QED) is 0.850. The second-order valence-electron chi connectivity index (χ2n) is 4.23. The van der Waals surface area contributed by atoms with Gasteiger partial charge in [-0.2, -0.15) is 0 Å². The Bertz CT molecular complexity index is 601. The molecule has 0 saturated carbocycles. The summed E-state index contributed by atoms with van der Waals surface area (Å²) >= 11 is 0. The lowest BCUT2D eigenvalue weighted by Crippen LogP contribution is -1.99. The van der Waals surface area contributed by atoms with Crippen LogP contribution in [-0.4, -0.2) is 11.1 Å². The maximum atomic E-state index is 10.6. The first-order chi connectivity index (χ1) is 9.24. The molecule has 0 aliphatic heterocycles. The van der Waals surface area contributed by atoms with Crippen LogP contribution in [0.5, 0.6) is 0 Å². The van der Waals surface area contributed by atoms with E-state index in [2.05, 4.69) is 11.8 Å². The average molecular weight is 250 g/mol. The fourth-order valence-electron chi connectivity index (χ4n) is 1.72. The zero-order valence-electron chi connectivity index (χ0n) is 10.5. The summed E-state index contributed by atoms with van der Waals surface area (Å²) in [6.45, 7) is 0. The zero-order valence-corrected chi connectivity index (χ0v) is 10.5. The molecule has 2 rings (SSSR count). The summed E-state index contributed by atoms with van der Waals surface area (Å²) in [4.78, 5) is 10.6. The fourth-order valence-corrected chi connectivity index (χ4v) is 1.72. The second kappa shape index (κ2) is 6.42. The van der Waals surface area contributed by atoms with Crippen LogP contribution in [0.15, 0.2) is 54.6 Å². The first-order valence-corrected chi connectivity index (χ1v) is 6.07. The van der Waals surface area contributed by atoms with Crippen molar-refractivity contribution in [1.29, 1.82) is 0 Å². The third-order valence-corrected chi connectivity index (χ3v) is 2.68. The van der Waals surface area contributed by atoms with E-state index in [0.29, 0.717) is 6.42 Å². The summed E-state index contributed by atoms with van der Waals surface area (Å²) in [5, 5.41) is 8.68. The average Bonchev–Trinajstić information content (AvgIpc) is 2.41. The number of carbonyl (C=O) groups is 1. The summed E-state index contributed by atoms with van der Waals surface area (Å²) < 4.78 is 0. The molecule has 0 unspecified atom stereocenters. The molecule has 0 aliphatic rings. The molecule has 0 fully saturated rings. The zero-order chi connectivity index (χ0) is 13.5. The SMILES string of the molecule is O=C(O)Cc1ccc(CC#Cc2ccccc2)cc1. The van der Waals surface area contributed by atoms with Gasteiger partial charge in [-0.15, -0.1) is 0 Å². The van der Waals surface area contributed by atoms with Gasteiger partial charge in [0.2, 0.25) is 0 Å². The Kier molecular flexibility index (Phi) is 4.36. The van der Waals surface area contributed by atoms with E-state index in [0.717, 1.165) is 16.7 Å². The summed E-state index contributed by atoms with van der Waals surface area (Å²) in [5.74, 6) is 5.40. The van der Waals surface area contributed by atoms with Gasteiger partial charge in [-0.25, -0.2) is 0 Å². The normalized spacial score (nSPS) is 9.47. The van der Waals surface area contributed by atoms with Crippen LogP contribution in [0.4, 0.5) is 0 Å². The van der Waals surface area contributed by atoms with E-state index in [1.54, 1.807) is 0 Å². The lowest BCUT2D eigenvalue weighted by atomic mass is 10.1. The second-order valence-corrected chi connectivity index (χ2v) is 4.23. The van der Waals surface area contributed by atoms with Crippen LogP contribution >= 0.6 is 0 Å². The lowest BCUT2D eigenvalue weighted by Gasteiger charge is -1.98. The molecule has 0 aromatic heterocycles. The molecule has 0 bridgehead atoms. The van der Waals surface area contributed by atoms with Crippen molar-refractivity contribution in [2.45, 2.75) is 12.8 Å². The van der Waals surface area contributed by atoms with Gasteiger partial charge in [-0.1, -0.05) is 54.3 Å². The van der Waals surface area contributed by atoms with Crippen molar-refractivity contribution in [3.05, 3.63) is 71.3 Å². The summed E-state index contributed by atoms with van der Waals surface area (Å²) in [6, 6.07) is 17.4. The van der Waals surface area contributed by atoms with Gasteiger partial charge < -0.3 is 5.11 Å². The van der Waals surface area contributed by atoms with E-state index < -0.39 is 5.97 Å². The lowest BCUT2D eigenvalue weighted by molar-refractivity contribution is -0.136. The van der Waals surface area contributed by atoms with E-state index in [4.69, 9.17) is 5.11 Å². The van der Waals surface area contributed by atoms with E-state index >= 15 is 0 Å². The number of rotatable bonds is 3. The maximum absolute atomic E-state index is 10.6. The molecule has 0 atom stereocenters. The van der Waals surface area contributed by atoms with Gasteiger partial charge in [0.05, 0.1) is 6.42 Å². The molecule has 94 valence electrons. The van der Waals surface area contributed by atoms with Crippen LogP contribution in [-0.2, 0) is 17.6 Å². The van der Waals surface area contributed by atoms with Crippen molar-refractivity contribution >= 4 is 5.97 Å². The van der Waals surface area contributed by atoms with Crippen molar-refractivity contribution in [3.8, 4) is 11.8 Å². The van der Waals surface area contributed by atoms with Crippen LogP contribution in [0.3, 0.4) is 0 Å². The van der Waals surface area contributed by atoms with Gasteiger partial charge in [0, 0.05) is 12.0 Å². The summed E-state index contributed by atoms with van der Waals surface area (Å²) in [7, 11) is 0. The van der Waals surface area contributed by atoms with Crippen LogP contribution in [0.1, 0.15) is 16.7 Å². The molecule has 0 heterocycles. The highest BCUT2D eigenvalue weighted by atomic mass is 16.4. The van der Waals surface area contributed by atoms with E-state index in [9.17, 15) is 4.79 Å². The number of aliphatic carboxylic acids is 1. The van der Waals surface area contributed by atoms with Crippen molar-refractivity contribution in [1.82, 2.24) is 0 Å². The van der Waals surface area contributed by atoms with E-state index in [1.165, 1.54) is 0 Å². The molecule has 19 heavy (non-hydrogen) atoms. The van der Waals surface area contributed by atoms with Crippen LogP contribution in [0.2, 0.25) is 0 Å². The van der Waals surface area contributed by atoms with Crippen molar-refractivity contribution < 1.29 is 9.90 Å². The third kappa shape index (κ3) is 4.33. The van der Waals surface area contributed by atoms with Crippen molar-refractivity contribution in [3.63, 3.8) is 0 Å². The van der Waals surface area contributed by atoms with Gasteiger partial charge in [-0.05, 0) is 23.3 Å². The highest BCUT2D eigenvalue weighted by molar-refractivity contribution is 5.70. The summed E-state index contributed by atoms with van der Waals surface area (Å²) in [5.41, 5.74) is 2.91. The molecule has 2 aromatic carbocycles. The number of carboxylic acids is 1. The molecule has 0 saturated heterocycles. The first-order valence-electron chi connectivity index (χ1n) is 6.07. The molecule has 2 nitrogen and oxygen atoms in total. The Morgan fingerprint density at radius 2 is 1.58 bits per heavy atom. The molecule has 2 heteroatoms. The molecule has 0 radical (unpaired) electrons. The summed E-state index contributed by atoms with van der Waals surface area (Å²) in [6.07, 6.45) is 0.734. The number of benzene rings is 2. The van der Waals surface area contributed by atoms with Crippen LogP contribution < -0.4 is 0 Å². The van der Waals surface area contributed by atoms with E-state index in [-0.39, 0.29) is 6.42 Å². The molecular formula is C17H14O2. The Morgan fingerprint density at radius 3 is 2.21 bits per heavy atom. The minimum absolute atomic E-state index is 0.0655. The minimum atomic E-state index is -0.809. The number of carboxylic acid groups (broad SMARTS) is 1. The first kappa shape index (κ1) is 12.9. The molecular weight excluding hydrogens is 236 g/mol. The monoisotopic (exact) mass is 250 g/mol. The topological polar surface area (TPSA) is 37.3 Å². The molecule has 0 aliphatic carbocycles. The van der Waals surface area contributed by atoms with Crippen LogP contribution in [0, 0.1) is 11.8 Å². The predicted octanol–water partition coefficient (Wildman–Crippen LogP) is 2.91. The van der Waals surface area contributed by atoms with Gasteiger partial charge in [0.15, 0.2) is 0 Å². The van der Waals surface area contributed by atoms with Gasteiger partial charge in [0.25, 0.3) is 0 Å². The van der Waals surface area contributed by atoms with Crippen LogP contribution in [0.25, 0.3) is 0 Å². The Hall–Kier alpha value is -2.53. The van der Waals surface area contributed by atoms with Gasteiger partial charge >= 0.3 is 5.97 Å². The van der Waals surface area contributed by atoms with Gasteiger partial charge in [0.1, 0.15) is 0 Å². The molecule has 0 spiro atoms. The molecule has 1 N–H and O–H groups in total. The van der Waals surface area contributed by atoms with Gasteiger partial charge in [-0.3, -0.25) is 4.79 Å². The Labute approximate surface area is 112 Å². The molecule has 0 amide bonds. The van der Waals surface area contributed by atoms with Crippen molar-refractivity contribution in [2.75, 3.05) is 0 Å². The Morgan fingerprint density at radius 1 is 0.947 bits per heavy atom. The maximum Gasteiger partial charge on any atom is 0.307 e. The highest BCUT2D eigenvalue weighted by Crippen LogP contribution is 2.06. The smallest absolute Gasteiger partial charge is 0.307 e. The third-order valence-electron chi connectivity index (χ3n) is 2.68. The van der Waals surface area contributed by atoms with E-state index in [1.807, 2.05) is 54.6 Å². The standard InChI is InChI=1S/C17H14O2/c18-17(19)13-16-11-9-15(10-12-16)8-4-7-14-5-2-1-3-6-14/h1-3,5-6,9-12H,8,13H2,(H,18,19). The Balaban J connectivity index is 1.97. The van der Waals surface area contributed by atoms with Crippen molar-refractivity contribution in [2.24, 2.45) is 0 Å².